The Kier molecular flexibility index (Phi) is 3.33. The number of carbonyl (C=O) groups is 1. The number of aromatic nitrogens is 1. The third-order valence-electron chi connectivity index (χ3n) is 2.40. The maximum absolute atomic E-state index is 11.7. The normalized spacial score (nSPS) is 10.6. The number of nitro groups is 1. The zero-order valence-electron chi connectivity index (χ0n) is 9.40. The van der Waals surface area contributed by atoms with Crippen LogP contribution >= 0.6 is 15.9 Å². The van der Waals surface area contributed by atoms with Crippen molar-refractivity contribution >= 4 is 38.5 Å². The summed E-state index contributed by atoms with van der Waals surface area (Å²) in [5.74, 6) is -0.725. The van der Waals surface area contributed by atoms with Crippen LogP contribution in [0.5, 0.6) is 0 Å². The van der Waals surface area contributed by atoms with Crippen LogP contribution in [0.1, 0.15) is 17.4 Å². The maximum Gasteiger partial charge on any atom is 0.362 e. The molecule has 0 atom stereocenters. The number of fused-ring (bicyclic) bond motifs is 1. The van der Waals surface area contributed by atoms with E-state index in [0.29, 0.717) is 15.4 Å². The van der Waals surface area contributed by atoms with E-state index in [2.05, 4.69) is 20.9 Å². The lowest BCUT2D eigenvalue weighted by molar-refractivity contribution is -0.383. The van der Waals surface area contributed by atoms with E-state index >= 15 is 0 Å². The number of H-pyrrole nitrogens is 1. The summed E-state index contributed by atoms with van der Waals surface area (Å²) in [7, 11) is 0. The smallest absolute Gasteiger partial charge is 0.362 e. The number of hydrogen-bond donors (Lipinski definition) is 1. The Hall–Kier alpha value is -1.89. The molecule has 0 aliphatic carbocycles. The molecule has 0 fully saturated rings. The van der Waals surface area contributed by atoms with Gasteiger partial charge in [0, 0.05) is 4.47 Å². The molecule has 18 heavy (non-hydrogen) atoms. The highest BCUT2D eigenvalue weighted by Crippen LogP contribution is 2.32. The van der Waals surface area contributed by atoms with Crippen molar-refractivity contribution in [2.75, 3.05) is 6.61 Å². The van der Waals surface area contributed by atoms with Gasteiger partial charge >= 0.3 is 11.7 Å². The molecule has 0 bridgehead atoms. The zero-order chi connectivity index (χ0) is 13.3. The number of esters is 1. The van der Waals surface area contributed by atoms with Crippen molar-refractivity contribution in [3.8, 4) is 0 Å². The van der Waals surface area contributed by atoms with Gasteiger partial charge in [-0.1, -0.05) is 15.9 Å². The number of benzene rings is 1. The third-order valence-corrected chi connectivity index (χ3v) is 2.89. The molecule has 0 spiro atoms. The van der Waals surface area contributed by atoms with Crippen LogP contribution in [0.3, 0.4) is 0 Å². The van der Waals surface area contributed by atoms with E-state index in [1.54, 1.807) is 25.1 Å². The molecule has 1 aromatic carbocycles. The van der Waals surface area contributed by atoms with Gasteiger partial charge in [0.2, 0.25) is 5.69 Å². The Bertz CT molecular complexity index is 635. The standard InChI is InChI=1S/C11H9BrN2O4/c1-2-18-11(15)9-10(14(16)17)7-5-6(12)3-4-8(7)13-9/h3-5,13H,2H2,1H3. The van der Waals surface area contributed by atoms with E-state index in [1.165, 1.54) is 0 Å². The summed E-state index contributed by atoms with van der Waals surface area (Å²) < 4.78 is 5.49. The average Bonchev–Trinajstić information content (AvgIpc) is 2.67. The third kappa shape index (κ3) is 2.08. The van der Waals surface area contributed by atoms with Crippen molar-refractivity contribution in [2.24, 2.45) is 0 Å². The molecule has 0 saturated heterocycles. The summed E-state index contributed by atoms with van der Waals surface area (Å²) in [6.45, 7) is 1.80. The molecule has 2 aromatic rings. The van der Waals surface area contributed by atoms with Gasteiger partial charge in [-0.3, -0.25) is 10.1 Å². The minimum atomic E-state index is -0.725. The van der Waals surface area contributed by atoms with E-state index in [1.807, 2.05) is 0 Å². The van der Waals surface area contributed by atoms with Crippen molar-refractivity contribution in [3.05, 3.63) is 38.5 Å². The first kappa shape index (κ1) is 12.6. The van der Waals surface area contributed by atoms with Crippen molar-refractivity contribution in [2.45, 2.75) is 6.92 Å². The van der Waals surface area contributed by atoms with Crippen molar-refractivity contribution in [1.29, 1.82) is 0 Å². The van der Waals surface area contributed by atoms with Crippen LogP contribution in [0.25, 0.3) is 10.9 Å². The Morgan fingerprint density at radius 1 is 1.56 bits per heavy atom. The predicted molar refractivity (Wildman–Crippen MR) is 68.6 cm³/mol. The second kappa shape index (κ2) is 4.77. The molecule has 1 heterocycles. The van der Waals surface area contributed by atoms with Gasteiger partial charge in [0.1, 0.15) is 0 Å². The molecular formula is C11H9BrN2O4. The molecule has 1 aromatic heterocycles. The van der Waals surface area contributed by atoms with Crippen LogP contribution in [0, 0.1) is 10.1 Å². The lowest BCUT2D eigenvalue weighted by Crippen LogP contribution is -2.07. The van der Waals surface area contributed by atoms with E-state index in [4.69, 9.17) is 4.74 Å². The van der Waals surface area contributed by atoms with Crippen LogP contribution in [-0.4, -0.2) is 22.5 Å². The highest BCUT2D eigenvalue weighted by molar-refractivity contribution is 9.10. The lowest BCUT2D eigenvalue weighted by Gasteiger charge is -1.98. The molecule has 1 N–H and O–H groups in total. The molecule has 0 radical (unpaired) electrons. The number of hydrogen-bond acceptors (Lipinski definition) is 4. The number of nitrogens with one attached hydrogen (secondary N) is 1. The zero-order valence-corrected chi connectivity index (χ0v) is 11.0. The van der Waals surface area contributed by atoms with Gasteiger partial charge in [-0.25, -0.2) is 4.79 Å². The van der Waals surface area contributed by atoms with Gasteiger partial charge in [-0.05, 0) is 25.1 Å². The summed E-state index contributed by atoms with van der Waals surface area (Å²) in [5, 5.41) is 11.5. The monoisotopic (exact) mass is 312 g/mol. The van der Waals surface area contributed by atoms with Crippen LogP contribution < -0.4 is 0 Å². The van der Waals surface area contributed by atoms with Gasteiger partial charge in [-0.15, -0.1) is 0 Å². The quantitative estimate of drug-likeness (QED) is 0.536. The number of nitrogens with zero attached hydrogens (tertiary/aromatic N) is 1. The molecule has 0 amide bonds. The van der Waals surface area contributed by atoms with Gasteiger partial charge in [0.25, 0.3) is 0 Å². The molecule has 0 aliphatic rings. The molecule has 0 unspecified atom stereocenters. The summed E-state index contributed by atoms with van der Waals surface area (Å²) in [4.78, 5) is 24.9. The molecule has 94 valence electrons. The lowest BCUT2D eigenvalue weighted by atomic mass is 10.2. The Balaban J connectivity index is 2.69. The average molecular weight is 313 g/mol. The van der Waals surface area contributed by atoms with E-state index in [9.17, 15) is 14.9 Å². The number of ether oxygens (including phenoxy) is 1. The Morgan fingerprint density at radius 3 is 2.89 bits per heavy atom. The highest BCUT2D eigenvalue weighted by Gasteiger charge is 2.27. The Labute approximate surface area is 110 Å². The summed E-state index contributed by atoms with van der Waals surface area (Å²) in [5.41, 5.74) is 0.132. The molecule has 0 saturated carbocycles. The summed E-state index contributed by atoms with van der Waals surface area (Å²) >= 11 is 3.24. The predicted octanol–water partition coefficient (Wildman–Crippen LogP) is 3.02. The van der Waals surface area contributed by atoms with Gasteiger partial charge < -0.3 is 9.72 Å². The van der Waals surface area contributed by atoms with Crippen molar-refractivity contribution < 1.29 is 14.5 Å². The number of halogens is 1. The topological polar surface area (TPSA) is 85.2 Å². The minimum Gasteiger partial charge on any atom is -0.461 e. The van der Waals surface area contributed by atoms with E-state index in [-0.39, 0.29) is 18.0 Å². The largest absolute Gasteiger partial charge is 0.461 e. The van der Waals surface area contributed by atoms with Gasteiger partial charge in [0.05, 0.1) is 22.4 Å². The molecule has 7 heteroatoms. The fraction of sp³-hybridized carbons (Fsp3) is 0.182. The molecule has 2 rings (SSSR count). The summed E-state index contributed by atoms with van der Waals surface area (Å²) in [6.07, 6.45) is 0. The van der Waals surface area contributed by atoms with Crippen LogP contribution in [0.4, 0.5) is 5.69 Å². The number of rotatable bonds is 3. The second-order valence-corrected chi connectivity index (χ2v) is 4.43. The van der Waals surface area contributed by atoms with Crippen LogP contribution in [0.2, 0.25) is 0 Å². The first-order valence-corrected chi connectivity index (χ1v) is 5.96. The molecule has 0 aliphatic heterocycles. The first-order chi connectivity index (χ1) is 8.54. The van der Waals surface area contributed by atoms with Crippen LogP contribution in [-0.2, 0) is 4.74 Å². The second-order valence-electron chi connectivity index (χ2n) is 3.52. The van der Waals surface area contributed by atoms with E-state index in [0.717, 1.165) is 0 Å². The molecular weight excluding hydrogens is 304 g/mol. The van der Waals surface area contributed by atoms with Crippen LogP contribution in [0.15, 0.2) is 22.7 Å². The van der Waals surface area contributed by atoms with E-state index < -0.39 is 10.9 Å². The fourth-order valence-corrected chi connectivity index (χ4v) is 2.05. The summed E-state index contributed by atoms with van der Waals surface area (Å²) in [6, 6.07) is 4.99. The van der Waals surface area contributed by atoms with Gasteiger partial charge in [-0.2, -0.15) is 0 Å². The highest BCUT2D eigenvalue weighted by atomic mass is 79.9. The van der Waals surface area contributed by atoms with Crippen molar-refractivity contribution in [3.63, 3.8) is 0 Å². The van der Waals surface area contributed by atoms with Gasteiger partial charge in [0.15, 0.2) is 0 Å². The fourth-order valence-electron chi connectivity index (χ4n) is 1.69. The number of carbonyl (C=O) groups excluding carboxylic acids is 1. The first-order valence-electron chi connectivity index (χ1n) is 5.17. The number of aromatic amines is 1. The SMILES string of the molecule is CCOC(=O)c1[nH]c2ccc(Br)cc2c1[N+](=O)[O-]. The molecule has 6 nitrogen and oxygen atoms in total. The maximum atomic E-state index is 11.7. The van der Waals surface area contributed by atoms with Crippen molar-refractivity contribution in [1.82, 2.24) is 4.98 Å². The minimum absolute atomic E-state index is 0.130. The Morgan fingerprint density at radius 2 is 2.28 bits per heavy atom.